The standard InChI is InChI=1S/C19H21N3O2/c23-13-16-11-21-19(12-20-16)24-18-5-4-14-6-8-22(17-2-1-3-17)9-7-15(14)10-18/h4-5,10,12,17H,1-3,6-9,11H2. The second-order valence-electron chi connectivity index (χ2n) is 6.61. The van der Waals surface area contributed by atoms with Crippen LogP contribution in [0.2, 0.25) is 0 Å². The molecular formula is C19H21N3O2. The highest BCUT2D eigenvalue weighted by molar-refractivity contribution is 6.28. The van der Waals surface area contributed by atoms with Crippen LogP contribution in [0, 0.1) is 0 Å². The van der Waals surface area contributed by atoms with Crippen LogP contribution < -0.4 is 4.74 Å². The molecule has 1 aromatic rings. The third-order valence-electron chi connectivity index (χ3n) is 5.16. The maximum atomic E-state index is 10.5. The molecule has 1 fully saturated rings. The fourth-order valence-corrected chi connectivity index (χ4v) is 3.50. The quantitative estimate of drug-likeness (QED) is 0.784. The summed E-state index contributed by atoms with van der Waals surface area (Å²) < 4.78 is 5.81. The van der Waals surface area contributed by atoms with E-state index in [0.29, 0.717) is 11.6 Å². The average Bonchev–Trinajstić information content (AvgIpc) is 2.77. The highest BCUT2D eigenvalue weighted by Crippen LogP contribution is 2.28. The molecule has 0 radical (unpaired) electrons. The maximum absolute atomic E-state index is 10.5. The van der Waals surface area contributed by atoms with Gasteiger partial charge in [-0.3, -0.25) is 4.90 Å². The summed E-state index contributed by atoms with van der Waals surface area (Å²) in [6.07, 6.45) is 7.77. The van der Waals surface area contributed by atoms with Crippen molar-refractivity contribution in [2.75, 3.05) is 19.6 Å². The number of fused-ring (bicyclic) bond motifs is 1. The second-order valence-corrected chi connectivity index (χ2v) is 6.61. The number of hydrogen-bond acceptors (Lipinski definition) is 5. The van der Waals surface area contributed by atoms with Crippen LogP contribution in [0.3, 0.4) is 0 Å². The van der Waals surface area contributed by atoms with Crippen LogP contribution in [-0.4, -0.2) is 48.6 Å². The minimum atomic E-state index is 0.233. The number of aliphatic imine (C=N–C) groups is 2. The fourth-order valence-electron chi connectivity index (χ4n) is 3.50. The summed E-state index contributed by atoms with van der Waals surface area (Å²) in [5, 5.41) is 0. The first-order chi connectivity index (χ1) is 11.8. The number of carbonyl (C=O) groups excluding carboxylic acids is 1. The van der Waals surface area contributed by atoms with E-state index in [1.807, 2.05) is 6.07 Å². The van der Waals surface area contributed by atoms with Gasteiger partial charge in [0.05, 0.1) is 12.8 Å². The minimum Gasteiger partial charge on any atom is -0.438 e. The van der Waals surface area contributed by atoms with Crippen molar-refractivity contribution < 1.29 is 9.53 Å². The molecule has 5 nitrogen and oxygen atoms in total. The van der Waals surface area contributed by atoms with Crippen molar-refractivity contribution in [3.8, 4) is 5.75 Å². The lowest BCUT2D eigenvalue weighted by Gasteiger charge is -2.36. The van der Waals surface area contributed by atoms with Crippen molar-refractivity contribution in [1.29, 1.82) is 0 Å². The molecule has 4 rings (SSSR count). The smallest absolute Gasteiger partial charge is 0.233 e. The van der Waals surface area contributed by atoms with Gasteiger partial charge in [-0.15, -0.1) is 0 Å². The van der Waals surface area contributed by atoms with Crippen molar-refractivity contribution in [3.63, 3.8) is 0 Å². The molecule has 5 heteroatoms. The van der Waals surface area contributed by atoms with Crippen molar-refractivity contribution in [2.45, 2.75) is 38.1 Å². The van der Waals surface area contributed by atoms with Gasteiger partial charge in [0.2, 0.25) is 5.90 Å². The molecule has 0 bridgehead atoms. The molecule has 0 unspecified atom stereocenters. The van der Waals surface area contributed by atoms with E-state index in [9.17, 15) is 4.79 Å². The Morgan fingerprint density at radius 1 is 1.17 bits per heavy atom. The third kappa shape index (κ3) is 3.18. The molecule has 0 saturated heterocycles. The Labute approximate surface area is 141 Å². The number of nitrogens with zero attached hydrogens (tertiary/aromatic N) is 3. The lowest BCUT2D eigenvalue weighted by molar-refractivity contribution is 0.133. The number of ether oxygens (including phenoxy) is 1. The number of benzene rings is 1. The van der Waals surface area contributed by atoms with Gasteiger partial charge in [0.15, 0.2) is 0 Å². The molecule has 0 spiro atoms. The Kier molecular flexibility index (Phi) is 4.28. The van der Waals surface area contributed by atoms with Crippen molar-refractivity contribution in [3.05, 3.63) is 35.0 Å². The van der Waals surface area contributed by atoms with E-state index in [1.165, 1.54) is 36.6 Å². The van der Waals surface area contributed by atoms with E-state index in [2.05, 4.69) is 27.0 Å². The summed E-state index contributed by atoms with van der Waals surface area (Å²) in [5.41, 5.74) is 3.10. The topological polar surface area (TPSA) is 54.3 Å². The first-order valence-corrected chi connectivity index (χ1v) is 8.68. The lowest BCUT2D eigenvalue weighted by atomic mass is 9.91. The number of hydrogen-bond donors (Lipinski definition) is 0. The molecule has 3 aliphatic rings. The monoisotopic (exact) mass is 323 g/mol. The van der Waals surface area contributed by atoms with E-state index in [4.69, 9.17) is 4.74 Å². The van der Waals surface area contributed by atoms with Crippen molar-refractivity contribution in [2.24, 2.45) is 9.98 Å². The summed E-state index contributed by atoms with van der Waals surface area (Å²) in [6, 6.07) is 7.11. The zero-order valence-corrected chi connectivity index (χ0v) is 13.7. The molecule has 1 aliphatic carbocycles. The Morgan fingerprint density at radius 2 is 2.00 bits per heavy atom. The predicted molar refractivity (Wildman–Crippen MR) is 93.7 cm³/mol. The number of rotatable bonds is 2. The fraction of sp³-hybridized carbons (Fsp3) is 0.474. The van der Waals surface area contributed by atoms with Gasteiger partial charge in [-0.2, -0.15) is 0 Å². The molecule has 0 atom stereocenters. The molecule has 124 valence electrons. The Morgan fingerprint density at radius 3 is 2.67 bits per heavy atom. The van der Waals surface area contributed by atoms with Crippen LogP contribution >= 0.6 is 0 Å². The van der Waals surface area contributed by atoms with Crippen LogP contribution in [0.25, 0.3) is 0 Å². The Balaban J connectivity index is 1.44. The zero-order chi connectivity index (χ0) is 16.4. The first kappa shape index (κ1) is 15.3. The third-order valence-corrected chi connectivity index (χ3v) is 5.16. The van der Waals surface area contributed by atoms with E-state index < -0.39 is 0 Å². The van der Waals surface area contributed by atoms with Gasteiger partial charge in [0, 0.05) is 19.1 Å². The molecule has 0 amide bonds. The van der Waals surface area contributed by atoms with Crippen LogP contribution in [0.1, 0.15) is 30.4 Å². The summed E-state index contributed by atoms with van der Waals surface area (Å²) >= 11 is 0. The normalized spacial score (nSPS) is 21.3. The summed E-state index contributed by atoms with van der Waals surface area (Å²) in [6.45, 7) is 2.53. The second kappa shape index (κ2) is 6.71. The average molecular weight is 323 g/mol. The highest BCUT2D eigenvalue weighted by Gasteiger charge is 2.26. The summed E-state index contributed by atoms with van der Waals surface area (Å²) in [5.74, 6) is 2.99. The van der Waals surface area contributed by atoms with Gasteiger partial charge in [0.25, 0.3) is 0 Å². The SMILES string of the molecule is O=C=C1CN=C(Oc2ccc3c(c2)CCN(C2CCC2)CC3)C=N1. The van der Waals surface area contributed by atoms with Crippen LogP contribution in [0.15, 0.2) is 33.9 Å². The van der Waals surface area contributed by atoms with Gasteiger partial charge < -0.3 is 4.74 Å². The lowest BCUT2D eigenvalue weighted by Crippen LogP contribution is -2.41. The molecule has 2 aliphatic heterocycles. The molecular weight excluding hydrogens is 302 g/mol. The zero-order valence-electron chi connectivity index (χ0n) is 13.7. The molecule has 0 N–H and O–H groups in total. The van der Waals surface area contributed by atoms with Crippen molar-refractivity contribution >= 4 is 18.1 Å². The molecule has 1 saturated carbocycles. The molecule has 1 aromatic carbocycles. The van der Waals surface area contributed by atoms with Gasteiger partial charge in [-0.05, 0) is 48.9 Å². The first-order valence-electron chi connectivity index (χ1n) is 8.68. The van der Waals surface area contributed by atoms with Gasteiger partial charge in [-0.25, -0.2) is 14.8 Å². The van der Waals surface area contributed by atoms with E-state index in [-0.39, 0.29) is 6.54 Å². The Bertz CT molecular complexity index is 743. The summed E-state index contributed by atoms with van der Waals surface area (Å²) in [4.78, 5) is 21.4. The van der Waals surface area contributed by atoms with Crippen LogP contribution in [0.5, 0.6) is 5.75 Å². The highest BCUT2D eigenvalue weighted by atomic mass is 16.5. The van der Waals surface area contributed by atoms with Crippen LogP contribution in [-0.2, 0) is 17.6 Å². The Hall–Kier alpha value is -2.23. The maximum Gasteiger partial charge on any atom is 0.233 e. The molecule has 2 heterocycles. The minimum absolute atomic E-state index is 0.233. The van der Waals surface area contributed by atoms with Gasteiger partial charge >= 0.3 is 0 Å². The predicted octanol–water partition coefficient (Wildman–Crippen LogP) is 2.22. The van der Waals surface area contributed by atoms with Gasteiger partial charge in [-0.1, -0.05) is 12.5 Å². The van der Waals surface area contributed by atoms with E-state index in [1.54, 1.807) is 5.94 Å². The van der Waals surface area contributed by atoms with E-state index >= 15 is 0 Å². The van der Waals surface area contributed by atoms with Crippen LogP contribution in [0.4, 0.5) is 0 Å². The largest absolute Gasteiger partial charge is 0.438 e. The van der Waals surface area contributed by atoms with Crippen molar-refractivity contribution in [1.82, 2.24) is 4.90 Å². The molecule has 0 aromatic heterocycles. The van der Waals surface area contributed by atoms with Gasteiger partial charge in [0.1, 0.15) is 17.4 Å². The molecule has 24 heavy (non-hydrogen) atoms. The summed E-state index contributed by atoms with van der Waals surface area (Å²) in [7, 11) is 0. The van der Waals surface area contributed by atoms with E-state index in [0.717, 1.165) is 37.7 Å².